The summed E-state index contributed by atoms with van der Waals surface area (Å²) >= 11 is 1.69. The van der Waals surface area contributed by atoms with Gasteiger partial charge < -0.3 is 5.32 Å². The fourth-order valence-corrected chi connectivity index (χ4v) is 2.60. The molecule has 2 N–H and O–H groups in total. The van der Waals surface area contributed by atoms with Crippen LogP contribution in [0.3, 0.4) is 0 Å². The Morgan fingerprint density at radius 3 is 2.80 bits per heavy atom. The number of aromatic nitrogens is 3. The van der Waals surface area contributed by atoms with E-state index in [4.69, 9.17) is 0 Å². The quantitative estimate of drug-likeness (QED) is 0.909. The Morgan fingerprint density at radius 1 is 1.50 bits per heavy atom. The van der Waals surface area contributed by atoms with Crippen molar-refractivity contribution in [2.24, 2.45) is 0 Å². The smallest absolute Gasteiger partial charge is 0.291 e. The van der Waals surface area contributed by atoms with Crippen LogP contribution >= 0.6 is 11.3 Å². The Hall–Kier alpha value is -1.69. The van der Waals surface area contributed by atoms with Crippen molar-refractivity contribution in [3.8, 4) is 0 Å². The normalized spacial score (nSPS) is 13.2. The van der Waals surface area contributed by atoms with Crippen LogP contribution in [-0.4, -0.2) is 27.1 Å². The largest absolute Gasteiger partial charge is 0.346 e. The molecule has 0 fully saturated rings. The van der Waals surface area contributed by atoms with Crippen LogP contribution in [-0.2, 0) is 11.8 Å². The van der Waals surface area contributed by atoms with Gasteiger partial charge in [0.1, 0.15) is 5.82 Å². The molecular formula is C14H20N4OS. The lowest BCUT2D eigenvalue weighted by Crippen LogP contribution is -2.34. The zero-order valence-electron chi connectivity index (χ0n) is 12.2. The molecule has 0 bridgehead atoms. The molecule has 2 heterocycles. The molecule has 1 atom stereocenters. The van der Waals surface area contributed by atoms with Gasteiger partial charge in [0.15, 0.2) is 0 Å². The zero-order chi connectivity index (χ0) is 14.8. The number of rotatable bonds is 4. The van der Waals surface area contributed by atoms with Crippen molar-refractivity contribution in [3.05, 3.63) is 34.0 Å². The first kappa shape index (κ1) is 14.7. The lowest BCUT2D eigenvalue weighted by Gasteiger charge is -2.13. The lowest BCUT2D eigenvalue weighted by atomic mass is 9.96. The predicted octanol–water partition coefficient (Wildman–Crippen LogP) is 2.52. The number of hydrogen-bond acceptors (Lipinski definition) is 4. The molecule has 0 aliphatic carbocycles. The van der Waals surface area contributed by atoms with Gasteiger partial charge in [0.2, 0.25) is 5.82 Å². The molecule has 2 aromatic rings. The van der Waals surface area contributed by atoms with E-state index in [0.717, 1.165) is 6.42 Å². The van der Waals surface area contributed by atoms with Gasteiger partial charge in [0.25, 0.3) is 5.91 Å². The highest BCUT2D eigenvalue weighted by atomic mass is 32.1. The Morgan fingerprint density at radius 2 is 2.25 bits per heavy atom. The molecule has 5 nitrogen and oxygen atoms in total. The molecule has 1 unspecified atom stereocenters. The van der Waals surface area contributed by atoms with Gasteiger partial charge in [-0.15, -0.1) is 16.4 Å². The van der Waals surface area contributed by atoms with Crippen molar-refractivity contribution in [2.75, 3.05) is 0 Å². The summed E-state index contributed by atoms with van der Waals surface area (Å²) in [6, 6.07) is 4.13. The highest BCUT2D eigenvalue weighted by molar-refractivity contribution is 7.09. The lowest BCUT2D eigenvalue weighted by molar-refractivity contribution is 0.0930. The average molecular weight is 292 g/mol. The van der Waals surface area contributed by atoms with E-state index < -0.39 is 0 Å². The minimum absolute atomic E-state index is 0.0535. The Balaban J connectivity index is 1.96. The maximum atomic E-state index is 12.1. The van der Waals surface area contributed by atoms with Crippen LogP contribution in [0.4, 0.5) is 0 Å². The molecule has 0 aliphatic rings. The van der Waals surface area contributed by atoms with Gasteiger partial charge in [0, 0.05) is 22.8 Å². The standard InChI is InChI=1S/C14H20N4OS/c1-9(8-10-6-5-7-20-10)15-12(19)11-16-13(18-17-11)14(2,3)4/h5-7,9H,8H2,1-4H3,(H,15,19)(H,16,17,18). The number of thiophene rings is 1. The first-order chi connectivity index (χ1) is 9.36. The number of H-pyrrole nitrogens is 1. The summed E-state index contributed by atoms with van der Waals surface area (Å²) in [5, 5.41) is 11.8. The van der Waals surface area contributed by atoms with Crippen LogP contribution in [0.15, 0.2) is 17.5 Å². The van der Waals surface area contributed by atoms with Crippen LogP contribution in [0.25, 0.3) is 0 Å². The molecule has 0 saturated carbocycles. The molecule has 0 aliphatic heterocycles. The van der Waals surface area contributed by atoms with Crippen LogP contribution in [0.1, 0.15) is 49.0 Å². The second-order valence-corrected chi connectivity index (χ2v) is 6.95. The van der Waals surface area contributed by atoms with Crippen LogP contribution in [0.2, 0.25) is 0 Å². The number of carbonyl (C=O) groups excluding carboxylic acids is 1. The summed E-state index contributed by atoms with van der Waals surface area (Å²) in [5.74, 6) is 0.683. The van der Waals surface area contributed by atoms with E-state index in [2.05, 4.69) is 26.6 Å². The molecular weight excluding hydrogens is 272 g/mol. The number of nitrogens with zero attached hydrogens (tertiary/aromatic N) is 2. The van der Waals surface area contributed by atoms with Gasteiger partial charge in [-0.25, -0.2) is 4.98 Å². The van der Waals surface area contributed by atoms with Crippen molar-refractivity contribution in [1.82, 2.24) is 20.5 Å². The third kappa shape index (κ3) is 3.66. The molecule has 2 aromatic heterocycles. The highest BCUT2D eigenvalue weighted by Crippen LogP contribution is 2.17. The molecule has 2 rings (SSSR count). The molecule has 0 radical (unpaired) electrons. The van der Waals surface area contributed by atoms with Crippen molar-refractivity contribution < 1.29 is 4.79 Å². The second kappa shape index (κ2) is 5.75. The Labute approximate surface area is 122 Å². The predicted molar refractivity (Wildman–Crippen MR) is 80.0 cm³/mol. The molecule has 0 aromatic carbocycles. The average Bonchev–Trinajstić information content (AvgIpc) is 2.97. The minimum atomic E-state index is -0.235. The molecule has 20 heavy (non-hydrogen) atoms. The molecule has 1 amide bonds. The molecule has 0 spiro atoms. The summed E-state index contributed by atoms with van der Waals surface area (Å²) < 4.78 is 0. The van der Waals surface area contributed by atoms with Gasteiger partial charge in [0.05, 0.1) is 0 Å². The highest BCUT2D eigenvalue weighted by Gasteiger charge is 2.21. The summed E-state index contributed by atoms with van der Waals surface area (Å²) in [6.45, 7) is 8.05. The van der Waals surface area contributed by atoms with Crippen molar-refractivity contribution in [1.29, 1.82) is 0 Å². The van der Waals surface area contributed by atoms with Crippen molar-refractivity contribution in [2.45, 2.75) is 45.6 Å². The maximum Gasteiger partial charge on any atom is 0.291 e. The van der Waals surface area contributed by atoms with E-state index in [9.17, 15) is 4.79 Å². The first-order valence-electron chi connectivity index (χ1n) is 6.62. The summed E-state index contributed by atoms with van der Waals surface area (Å²) in [5.41, 5.74) is -0.145. The van der Waals surface area contributed by atoms with Gasteiger partial charge in [-0.05, 0) is 18.4 Å². The fourth-order valence-electron chi connectivity index (χ4n) is 1.77. The van der Waals surface area contributed by atoms with Gasteiger partial charge in [-0.3, -0.25) is 9.89 Å². The SMILES string of the molecule is CC(Cc1cccs1)NC(=O)c1n[nH]c(C(C)(C)C)n1. The summed E-state index contributed by atoms with van der Waals surface area (Å²) in [7, 11) is 0. The zero-order valence-corrected chi connectivity index (χ0v) is 13.0. The van der Waals surface area contributed by atoms with Gasteiger partial charge in [-0.1, -0.05) is 26.8 Å². The molecule has 108 valence electrons. The van der Waals surface area contributed by atoms with Crippen LogP contribution < -0.4 is 5.32 Å². The number of nitrogens with one attached hydrogen (secondary N) is 2. The third-order valence-corrected chi connectivity index (χ3v) is 3.76. The monoisotopic (exact) mass is 292 g/mol. The third-order valence-electron chi connectivity index (χ3n) is 2.86. The van der Waals surface area contributed by atoms with Crippen molar-refractivity contribution in [3.63, 3.8) is 0 Å². The fraction of sp³-hybridized carbons (Fsp3) is 0.500. The number of hydrogen-bond donors (Lipinski definition) is 2. The van der Waals surface area contributed by atoms with Crippen LogP contribution in [0.5, 0.6) is 0 Å². The first-order valence-corrected chi connectivity index (χ1v) is 7.50. The second-order valence-electron chi connectivity index (χ2n) is 5.92. The van der Waals surface area contributed by atoms with E-state index in [-0.39, 0.29) is 23.2 Å². The van der Waals surface area contributed by atoms with E-state index >= 15 is 0 Å². The van der Waals surface area contributed by atoms with E-state index in [1.165, 1.54) is 4.88 Å². The topological polar surface area (TPSA) is 70.7 Å². The number of carbonyl (C=O) groups is 1. The van der Waals surface area contributed by atoms with Crippen LogP contribution in [0, 0.1) is 0 Å². The van der Waals surface area contributed by atoms with Crippen molar-refractivity contribution >= 4 is 17.2 Å². The Bertz CT molecular complexity index is 568. The molecule has 6 heteroatoms. The number of aromatic amines is 1. The van der Waals surface area contributed by atoms with E-state index in [1.54, 1.807) is 11.3 Å². The van der Waals surface area contributed by atoms with Gasteiger partial charge >= 0.3 is 0 Å². The maximum absolute atomic E-state index is 12.1. The Kier molecular flexibility index (Phi) is 4.23. The number of amides is 1. The van der Waals surface area contributed by atoms with Gasteiger partial charge in [-0.2, -0.15) is 0 Å². The molecule has 0 saturated heterocycles. The summed E-state index contributed by atoms with van der Waals surface area (Å²) in [4.78, 5) is 17.6. The summed E-state index contributed by atoms with van der Waals surface area (Å²) in [6.07, 6.45) is 0.819. The van der Waals surface area contributed by atoms with E-state index in [0.29, 0.717) is 5.82 Å². The minimum Gasteiger partial charge on any atom is -0.346 e. The van der Waals surface area contributed by atoms with E-state index in [1.807, 2.05) is 39.1 Å².